The third-order valence-corrected chi connectivity index (χ3v) is 3.57. The van der Waals surface area contributed by atoms with E-state index < -0.39 is 5.91 Å². The Morgan fingerprint density at radius 2 is 1.73 bits per heavy atom. The lowest BCUT2D eigenvalue weighted by Crippen LogP contribution is -2.14. The van der Waals surface area contributed by atoms with E-state index in [2.05, 4.69) is 5.32 Å². The molecule has 0 aromatic heterocycles. The number of methoxy groups -OCH3 is 1. The first-order valence-corrected chi connectivity index (χ1v) is 6.85. The molecule has 0 saturated carbocycles. The minimum atomic E-state index is -0.540. The number of ether oxygens (including phenoxy) is 1. The number of carbonyl (C=O) groups is 2. The van der Waals surface area contributed by atoms with Crippen molar-refractivity contribution in [3.05, 3.63) is 58.1 Å². The molecule has 0 unspecified atom stereocenters. The molecule has 2 rings (SSSR count). The average molecular weight is 319 g/mol. The van der Waals surface area contributed by atoms with Gasteiger partial charge in [0.25, 0.3) is 5.91 Å². The number of hydrogen-bond donors (Lipinski definition) is 2. The van der Waals surface area contributed by atoms with Crippen molar-refractivity contribution in [3.63, 3.8) is 0 Å². The molecule has 0 radical (unpaired) electrons. The fourth-order valence-electron chi connectivity index (χ4n) is 1.91. The Balaban J connectivity index is 2.25. The zero-order valence-electron chi connectivity index (χ0n) is 12.1. The quantitative estimate of drug-likeness (QED) is 0.909. The zero-order chi connectivity index (χ0) is 16.3. The van der Waals surface area contributed by atoms with E-state index in [1.165, 1.54) is 31.4 Å². The van der Waals surface area contributed by atoms with Crippen LogP contribution in [0.5, 0.6) is 5.75 Å². The third kappa shape index (κ3) is 3.38. The number of halogens is 1. The summed E-state index contributed by atoms with van der Waals surface area (Å²) in [4.78, 5) is 23.3. The van der Waals surface area contributed by atoms with Gasteiger partial charge in [-0.05, 0) is 42.8 Å². The Labute approximate surface area is 133 Å². The SMILES string of the molecule is COc1cc(Cl)c(C)cc1NC(=O)c1ccc(C(N)=O)cc1. The molecule has 22 heavy (non-hydrogen) atoms. The summed E-state index contributed by atoms with van der Waals surface area (Å²) in [5.74, 6) is -0.393. The summed E-state index contributed by atoms with van der Waals surface area (Å²) in [7, 11) is 1.50. The van der Waals surface area contributed by atoms with Crippen LogP contribution in [0.3, 0.4) is 0 Å². The molecule has 0 saturated heterocycles. The van der Waals surface area contributed by atoms with Crippen molar-refractivity contribution in [2.75, 3.05) is 12.4 Å². The Bertz CT molecular complexity index is 727. The van der Waals surface area contributed by atoms with Gasteiger partial charge in [0.2, 0.25) is 5.91 Å². The molecule has 2 aromatic carbocycles. The van der Waals surface area contributed by atoms with E-state index in [1.807, 2.05) is 6.92 Å². The van der Waals surface area contributed by atoms with Crippen molar-refractivity contribution < 1.29 is 14.3 Å². The fraction of sp³-hybridized carbons (Fsp3) is 0.125. The van der Waals surface area contributed by atoms with Crippen LogP contribution in [0.4, 0.5) is 5.69 Å². The van der Waals surface area contributed by atoms with Gasteiger partial charge in [-0.25, -0.2) is 0 Å². The van der Waals surface area contributed by atoms with Gasteiger partial charge in [-0.2, -0.15) is 0 Å². The highest BCUT2D eigenvalue weighted by Gasteiger charge is 2.12. The number of nitrogens with two attached hydrogens (primary N) is 1. The summed E-state index contributed by atoms with van der Waals surface area (Å²) in [6, 6.07) is 9.44. The van der Waals surface area contributed by atoms with E-state index in [-0.39, 0.29) is 5.91 Å². The minimum absolute atomic E-state index is 0.323. The van der Waals surface area contributed by atoms with Crippen LogP contribution >= 0.6 is 11.6 Å². The van der Waals surface area contributed by atoms with Crippen molar-refractivity contribution >= 4 is 29.1 Å². The van der Waals surface area contributed by atoms with Gasteiger partial charge in [0.1, 0.15) is 5.75 Å². The molecular formula is C16H15ClN2O3. The van der Waals surface area contributed by atoms with Crippen molar-refractivity contribution in [2.24, 2.45) is 5.73 Å². The standard InChI is InChI=1S/C16H15ClN2O3/c1-9-7-13(14(22-2)8-12(9)17)19-16(21)11-5-3-10(4-6-11)15(18)20/h3-8H,1-2H3,(H2,18,20)(H,19,21). The molecule has 0 bridgehead atoms. The van der Waals surface area contributed by atoms with E-state index in [1.54, 1.807) is 12.1 Å². The lowest BCUT2D eigenvalue weighted by Gasteiger charge is -2.12. The van der Waals surface area contributed by atoms with Crippen LogP contribution in [-0.4, -0.2) is 18.9 Å². The van der Waals surface area contributed by atoms with Gasteiger partial charge in [-0.3, -0.25) is 9.59 Å². The second-order valence-corrected chi connectivity index (χ2v) is 5.10. The fourth-order valence-corrected chi connectivity index (χ4v) is 2.06. The van der Waals surface area contributed by atoms with Gasteiger partial charge in [0.05, 0.1) is 12.8 Å². The lowest BCUT2D eigenvalue weighted by molar-refractivity contribution is 0.0995. The maximum absolute atomic E-state index is 12.2. The van der Waals surface area contributed by atoms with Crippen LogP contribution in [-0.2, 0) is 0 Å². The monoisotopic (exact) mass is 318 g/mol. The highest BCUT2D eigenvalue weighted by molar-refractivity contribution is 6.31. The van der Waals surface area contributed by atoms with Crippen LogP contribution in [0.1, 0.15) is 26.3 Å². The first-order chi connectivity index (χ1) is 10.4. The van der Waals surface area contributed by atoms with Crippen molar-refractivity contribution in [1.29, 1.82) is 0 Å². The van der Waals surface area contributed by atoms with E-state index in [9.17, 15) is 9.59 Å². The molecule has 114 valence electrons. The van der Waals surface area contributed by atoms with Gasteiger partial charge in [0, 0.05) is 22.2 Å². The van der Waals surface area contributed by atoms with Gasteiger partial charge in [-0.15, -0.1) is 0 Å². The van der Waals surface area contributed by atoms with Crippen molar-refractivity contribution in [1.82, 2.24) is 0 Å². The number of anilines is 1. The zero-order valence-corrected chi connectivity index (χ0v) is 12.9. The molecule has 0 aliphatic heterocycles. The second kappa shape index (κ2) is 6.49. The number of primary amides is 1. The predicted molar refractivity (Wildman–Crippen MR) is 85.7 cm³/mol. The van der Waals surface area contributed by atoms with Gasteiger partial charge < -0.3 is 15.8 Å². The summed E-state index contributed by atoms with van der Waals surface area (Å²) >= 11 is 6.03. The predicted octanol–water partition coefficient (Wildman–Crippen LogP) is 3.01. The average Bonchev–Trinajstić information content (AvgIpc) is 2.50. The lowest BCUT2D eigenvalue weighted by atomic mass is 10.1. The number of nitrogens with one attached hydrogen (secondary N) is 1. The highest BCUT2D eigenvalue weighted by Crippen LogP contribution is 2.31. The molecule has 0 fully saturated rings. The molecule has 0 aliphatic carbocycles. The number of benzene rings is 2. The number of amides is 2. The summed E-state index contributed by atoms with van der Waals surface area (Å²) in [5.41, 5.74) is 7.25. The van der Waals surface area contributed by atoms with Gasteiger partial charge in [0.15, 0.2) is 0 Å². The smallest absolute Gasteiger partial charge is 0.255 e. The molecule has 6 heteroatoms. The molecule has 2 aromatic rings. The number of rotatable bonds is 4. The molecule has 3 N–H and O–H groups in total. The minimum Gasteiger partial charge on any atom is -0.495 e. The summed E-state index contributed by atoms with van der Waals surface area (Å²) < 4.78 is 5.21. The van der Waals surface area contributed by atoms with Crippen LogP contribution in [0.25, 0.3) is 0 Å². The topological polar surface area (TPSA) is 81.4 Å². The first-order valence-electron chi connectivity index (χ1n) is 6.47. The Hall–Kier alpha value is -2.53. The molecule has 0 heterocycles. The van der Waals surface area contributed by atoms with E-state index in [0.29, 0.717) is 27.6 Å². The van der Waals surface area contributed by atoms with Crippen LogP contribution in [0.15, 0.2) is 36.4 Å². The third-order valence-electron chi connectivity index (χ3n) is 3.16. The van der Waals surface area contributed by atoms with Crippen LogP contribution < -0.4 is 15.8 Å². The largest absolute Gasteiger partial charge is 0.495 e. The Morgan fingerprint density at radius 1 is 1.14 bits per heavy atom. The molecule has 0 aliphatic rings. The molecule has 5 nitrogen and oxygen atoms in total. The maximum atomic E-state index is 12.2. The molecular weight excluding hydrogens is 304 g/mol. The maximum Gasteiger partial charge on any atom is 0.255 e. The molecule has 2 amide bonds. The molecule has 0 spiro atoms. The second-order valence-electron chi connectivity index (χ2n) is 4.70. The number of carbonyl (C=O) groups excluding carboxylic acids is 2. The summed E-state index contributed by atoms with van der Waals surface area (Å²) in [5, 5.41) is 3.31. The first kappa shape index (κ1) is 15.9. The number of hydrogen-bond acceptors (Lipinski definition) is 3. The highest BCUT2D eigenvalue weighted by atomic mass is 35.5. The summed E-state index contributed by atoms with van der Waals surface area (Å²) in [6.07, 6.45) is 0. The van der Waals surface area contributed by atoms with Crippen molar-refractivity contribution in [2.45, 2.75) is 6.92 Å². The number of aryl methyl sites for hydroxylation is 1. The van der Waals surface area contributed by atoms with Crippen molar-refractivity contribution in [3.8, 4) is 5.75 Å². The van der Waals surface area contributed by atoms with Gasteiger partial charge >= 0.3 is 0 Å². The van der Waals surface area contributed by atoms with E-state index in [0.717, 1.165) is 5.56 Å². The van der Waals surface area contributed by atoms with Gasteiger partial charge in [-0.1, -0.05) is 11.6 Å². The Morgan fingerprint density at radius 3 is 2.27 bits per heavy atom. The normalized spacial score (nSPS) is 10.1. The van der Waals surface area contributed by atoms with E-state index in [4.69, 9.17) is 22.1 Å². The van der Waals surface area contributed by atoms with Crippen LogP contribution in [0.2, 0.25) is 5.02 Å². The van der Waals surface area contributed by atoms with E-state index >= 15 is 0 Å². The molecule has 0 atom stereocenters. The Kier molecular flexibility index (Phi) is 4.68. The summed E-state index contributed by atoms with van der Waals surface area (Å²) in [6.45, 7) is 1.83. The van der Waals surface area contributed by atoms with Crippen LogP contribution in [0, 0.1) is 6.92 Å².